The minimum atomic E-state index is -1.31. The van der Waals surface area contributed by atoms with Crippen LogP contribution in [0.3, 0.4) is 0 Å². The molecule has 208 valence electrons. The fourth-order valence-electron chi connectivity index (χ4n) is 4.20. The van der Waals surface area contributed by atoms with E-state index in [4.69, 9.17) is 4.74 Å². The molecule has 0 radical (unpaired) electrons. The van der Waals surface area contributed by atoms with E-state index >= 15 is 0 Å². The molecule has 2 atom stereocenters. The third-order valence-electron chi connectivity index (χ3n) is 6.07. The Morgan fingerprint density at radius 2 is 1.50 bits per heavy atom. The van der Waals surface area contributed by atoms with E-state index in [0.717, 1.165) is 23.1 Å². The number of alkyl carbamates (subject to hydrolysis) is 1. The lowest BCUT2D eigenvalue weighted by molar-refractivity contribution is -0.147. The van der Waals surface area contributed by atoms with Crippen LogP contribution in [0.4, 0.5) is 10.5 Å². The largest absolute Gasteiger partial charge is 0.444 e. The first-order valence-electron chi connectivity index (χ1n) is 13.0. The highest BCUT2D eigenvalue weighted by atomic mass is 16.6. The van der Waals surface area contributed by atoms with E-state index in [1.807, 2.05) is 84.0 Å². The highest BCUT2D eigenvalue weighted by molar-refractivity contribution is 6.00. The quantitative estimate of drug-likeness (QED) is 0.447. The first-order valence-corrected chi connectivity index (χ1v) is 13.0. The van der Waals surface area contributed by atoms with Crippen molar-refractivity contribution in [2.75, 3.05) is 11.9 Å². The van der Waals surface area contributed by atoms with Crippen molar-refractivity contribution in [2.45, 2.75) is 92.0 Å². The number of para-hydroxylation sites is 1. The van der Waals surface area contributed by atoms with E-state index in [9.17, 15) is 19.5 Å². The molecule has 8 heteroatoms. The second-order valence-electron chi connectivity index (χ2n) is 11.5. The molecule has 0 aliphatic carbocycles. The van der Waals surface area contributed by atoms with Gasteiger partial charge in [0.2, 0.25) is 5.91 Å². The average Bonchev–Trinajstić information content (AvgIpc) is 2.81. The van der Waals surface area contributed by atoms with E-state index in [1.54, 1.807) is 20.8 Å². The van der Waals surface area contributed by atoms with Crippen LogP contribution >= 0.6 is 0 Å². The summed E-state index contributed by atoms with van der Waals surface area (Å²) in [6.07, 6.45) is -0.00369. The van der Waals surface area contributed by atoms with E-state index in [0.29, 0.717) is 11.3 Å². The van der Waals surface area contributed by atoms with Crippen molar-refractivity contribution in [3.63, 3.8) is 0 Å². The van der Waals surface area contributed by atoms with Crippen molar-refractivity contribution in [2.24, 2.45) is 0 Å². The third-order valence-corrected chi connectivity index (χ3v) is 6.07. The van der Waals surface area contributed by atoms with Gasteiger partial charge in [-0.05, 0) is 84.1 Å². The maximum absolute atomic E-state index is 14.0. The summed E-state index contributed by atoms with van der Waals surface area (Å²) in [7, 11) is 0. The molecule has 0 saturated heterocycles. The summed E-state index contributed by atoms with van der Waals surface area (Å²) in [6.45, 7) is 15.8. The minimum Gasteiger partial charge on any atom is -0.444 e. The number of hydrogen-bond donors (Lipinski definition) is 3. The number of nitrogens with one attached hydrogen (secondary N) is 2. The van der Waals surface area contributed by atoms with Crippen LogP contribution < -0.4 is 10.6 Å². The van der Waals surface area contributed by atoms with E-state index < -0.39 is 47.7 Å². The lowest BCUT2D eigenvalue weighted by Crippen LogP contribution is -2.59. The lowest BCUT2D eigenvalue weighted by atomic mass is 9.94. The van der Waals surface area contributed by atoms with Gasteiger partial charge in [-0.15, -0.1) is 0 Å². The smallest absolute Gasteiger partial charge is 0.408 e. The van der Waals surface area contributed by atoms with Gasteiger partial charge in [-0.2, -0.15) is 0 Å². The molecule has 3 N–H and O–H groups in total. The maximum Gasteiger partial charge on any atom is 0.408 e. The number of anilines is 1. The van der Waals surface area contributed by atoms with Crippen molar-refractivity contribution in [1.29, 1.82) is 0 Å². The van der Waals surface area contributed by atoms with E-state index in [2.05, 4.69) is 10.6 Å². The summed E-state index contributed by atoms with van der Waals surface area (Å²) >= 11 is 0. The fourth-order valence-corrected chi connectivity index (χ4v) is 4.20. The van der Waals surface area contributed by atoms with Crippen LogP contribution in [0.25, 0.3) is 0 Å². The zero-order valence-electron chi connectivity index (χ0n) is 24.1. The first-order chi connectivity index (χ1) is 17.6. The predicted octanol–water partition coefficient (Wildman–Crippen LogP) is 5.06. The monoisotopic (exact) mass is 525 g/mol. The van der Waals surface area contributed by atoms with Crippen molar-refractivity contribution in [3.05, 3.63) is 64.7 Å². The first kappa shape index (κ1) is 30.8. The summed E-state index contributed by atoms with van der Waals surface area (Å²) in [4.78, 5) is 41.9. The van der Waals surface area contributed by atoms with Crippen molar-refractivity contribution < 1.29 is 24.2 Å². The second-order valence-corrected chi connectivity index (χ2v) is 11.5. The average molecular weight is 526 g/mol. The number of aliphatic hydroxyl groups is 1. The van der Waals surface area contributed by atoms with Crippen LogP contribution in [0.2, 0.25) is 0 Å². The number of aliphatic hydroxyl groups excluding tert-OH is 1. The van der Waals surface area contributed by atoms with Crippen molar-refractivity contribution in [1.82, 2.24) is 10.2 Å². The second kappa shape index (κ2) is 12.4. The summed E-state index contributed by atoms with van der Waals surface area (Å²) in [5, 5.41) is 15.6. The Labute approximate surface area is 226 Å². The molecule has 3 amide bonds. The van der Waals surface area contributed by atoms with Crippen molar-refractivity contribution in [3.8, 4) is 0 Å². The highest BCUT2D eigenvalue weighted by Crippen LogP contribution is 2.32. The third kappa shape index (κ3) is 8.05. The Kier molecular flexibility index (Phi) is 10.1. The molecule has 2 aromatic rings. The van der Waals surface area contributed by atoms with Crippen LogP contribution in [0, 0.1) is 13.8 Å². The summed E-state index contributed by atoms with van der Waals surface area (Å²) in [6, 6.07) is 10.9. The van der Waals surface area contributed by atoms with Crippen LogP contribution in [-0.4, -0.2) is 51.7 Å². The van der Waals surface area contributed by atoms with E-state index in [1.165, 1.54) is 4.90 Å². The maximum atomic E-state index is 14.0. The Hall–Kier alpha value is -3.39. The van der Waals surface area contributed by atoms with Gasteiger partial charge in [0.05, 0.1) is 6.61 Å². The highest BCUT2D eigenvalue weighted by Gasteiger charge is 2.42. The van der Waals surface area contributed by atoms with Gasteiger partial charge >= 0.3 is 6.09 Å². The molecule has 0 saturated carbocycles. The molecule has 0 aliphatic rings. The molecule has 2 aromatic carbocycles. The van der Waals surface area contributed by atoms with Gasteiger partial charge in [0.25, 0.3) is 5.91 Å². The molecule has 0 spiro atoms. The number of amides is 3. The molecule has 8 nitrogen and oxygen atoms in total. The molecule has 0 bridgehead atoms. The topological polar surface area (TPSA) is 108 Å². The van der Waals surface area contributed by atoms with Gasteiger partial charge < -0.3 is 25.4 Å². The Morgan fingerprint density at radius 1 is 0.947 bits per heavy atom. The molecule has 0 aliphatic heterocycles. The number of ether oxygens (including phenoxy) is 1. The zero-order chi connectivity index (χ0) is 28.8. The molecule has 0 heterocycles. The van der Waals surface area contributed by atoms with Gasteiger partial charge in [0.15, 0.2) is 0 Å². The van der Waals surface area contributed by atoms with Crippen LogP contribution in [0.5, 0.6) is 0 Å². The number of hydrogen-bond acceptors (Lipinski definition) is 5. The van der Waals surface area contributed by atoms with Gasteiger partial charge in [0.1, 0.15) is 17.7 Å². The SMILES string of the molecule is CCc1ccc(C(C(=O)Nc2c(C)cccc2C)N(C(=O)C(CO)NC(=O)OC(C)(C)C)C(C)(C)C)cc1. The molecule has 2 unspecified atom stereocenters. The van der Waals surface area contributed by atoms with Gasteiger partial charge in [-0.25, -0.2) is 4.79 Å². The Morgan fingerprint density at radius 3 is 1.95 bits per heavy atom. The minimum absolute atomic E-state index is 0.399. The van der Waals surface area contributed by atoms with Crippen LogP contribution in [-0.2, 0) is 20.7 Å². The standard InChI is InChI=1S/C30H43N3O5/c1-10-21-14-16-22(17-15-21)25(26(35)32-24-19(2)12-11-13-20(24)3)33(29(4,5)6)27(36)23(18-34)31-28(37)38-30(7,8)9/h11-17,23,25,34H,10,18H2,1-9H3,(H,31,37)(H,32,35). The summed E-state index contributed by atoms with van der Waals surface area (Å²) in [5.41, 5.74) is 2.54. The Bertz CT molecular complexity index is 1110. The number of rotatable bonds is 8. The molecular formula is C30H43N3O5. The summed E-state index contributed by atoms with van der Waals surface area (Å²) < 4.78 is 5.30. The van der Waals surface area contributed by atoms with E-state index in [-0.39, 0.29) is 0 Å². The summed E-state index contributed by atoms with van der Waals surface area (Å²) in [5.74, 6) is -1.00. The molecule has 0 fully saturated rings. The Balaban J connectivity index is 2.58. The molecule has 2 rings (SSSR count). The lowest BCUT2D eigenvalue weighted by Gasteiger charge is -2.43. The number of benzene rings is 2. The zero-order valence-corrected chi connectivity index (χ0v) is 24.1. The molecule has 38 heavy (non-hydrogen) atoms. The van der Waals surface area contributed by atoms with Gasteiger partial charge in [-0.3, -0.25) is 9.59 Å². The number of carbonyl (C=O) groups is 3. The number of carbonyl (C=O) groups excluding carboxylic acids is 3. The van der Waals surface area contributed by atoms with Crippen molar-refractivity contribution >= 4 is 23.6 Å². The molecule has 0 aromatic heterocycles. The molecular weight excluding hydrogens is 482 g/mol. The normalized spacial score (nSPS) is 13.3. The van der Waals surface area contributed by atoms with Crippen LogP contribution in [0.1, 0.15) is 76.8 Å². The van der Waals surface area contributed by atoms with Crippen LogP contribution in [0.15, 0.2) is 42.5 Å². The number of nitrogens with zero attached hydrogens (tertiary/aromatic N) is 1. The predicted molar refractivity (Wildman–Crippen MR) is 150 cm³/mol. The van der Waals surface area contributed by atoms with Gasteiger partial charge in [-0.1, -0.05) is 49.4 Å². The number of aryl methyl sites for hydroxylation is 3. The fraction of sp³-hybridized carbons (Fsp3) is 0.500. The van der Waals surface area contributed by atoms with Gasteiger partial charge in [0, 0.05) is 11.2 Å².